The van der Waals surface area contributed by atoms with Crippen LogP contribution in [0.15, 0.2) is 59.7 Å². The van der Waals surface area contributed by atoms with Crippen LogP contribution < -0.4 is 9.47 Å². The van der Waals surface area contributed by atoms with Gasteiger partial charge in [-0.1, -0.05) is 56.1 Å². The normalized spacial score (nSPS) is 16.7. The Kier molecular flexibility index (Phi) is 7.92. The van der Waals surface area contributed by atoms with Gasteiger partial charge in [-0.15, -0.1) is 0 Å². The average molecular weight is 506 g/mol. The maximum absolute atomic E-state index is 12.7. The second-order valence-electron chi connectivity index (χ2n) is 6.38. The van der Waals surface area contributed by atoms with Crippen molar-refractivity contribution < 1.29 is 14.3 Å². The monoisotopic (exact) mass is 504 g/mol. The van der Waals surface area contributed by atoms with E-state index in [-0.39, 0.29) is 5.78 Å². The number of ketones is 1. The Hall–Kier alpha value is -1.85. The third kappa shape index (κ3) is 5.82. The van der Waals surface area contributed by atoms with Gasteiger partial charge in [-0.2, -0.15) is 0 Å². The maximum Gasteiger partial charge on any atom is 0.185 e. The molecule has 146 valence electrons. The van der Waals surface area contributed by atoms with Crippen molar-refractivity contribution in [3.63, 3.8) is 0 Å². The zero-order valence-corrected chi connectivity index (χ0v) is 18.7. The second kappa shape index (κ2) is 10.6. The van der Waals surface area contributed by atoms with E-state index in [0.29, 0.717) is 13.2 Å². The van der Waals surface area contributed by atoms with E-state index in [9.17, 15) is 4.79 Å². The predicted molar refractivity (Wildman–Crippen MR) is 122 cm³/mol. The Morgan fingerprint density at radius 3 is 1.46 bits per heavy atom. The van der Waals surface area contributed by atoms with Crippen molar-refractivity contribution in [1.29, 1.82) is 0 Å². The minimum atomic E-state index is 0.138. The number of allylic oxidation sites excluding steroid dienone is 2. The summed E-state index contributed by atoms with van der Waals surface area (Å²) in [5, 5.41) is 1.60. The lowest BCUT2D eigenvalue weighted by molar-refractivity contribution is -0.111. The fraction of sp³-hybridized carbons (Fsp3) is 0.261. The van der Waals surface area contributed by atoms with Crippen molar-refractivity contribution in [2.75, 3.05) is 23.9 Å². The van der Waals surface area contributed by atoms with Crippen LogP contribution in [0.4, 0.5) is 0 Å². The number of alkyl halides is 2. The van der Waals surface area contributed by atoms with Crippen LogP contribution in [-0.4, -0.2) is 29.7 Å². The van der Waals surface area contributed by atoms with Crippen molar-refractivity contribution in [3.8, 4) is 11.5 Å². The number of ether oxygens (including phenoxy) is 2. The number of carbonyl (C=O) groups excluding carboxylic acids is 1. The SMILES string of the molecule is O=C1/C(=C/c2ccc(OCCBr)cc2)CC/C1=C\c1ccc(OCCBr)cc1. The van der Waals surface area contributed by atoms with Gasteiger partial charge in [0, 0.05) is 21.8 Å². The van der Waals surface area contributed by atoms with Crippen LogP contribution in [-0.2, 0) is 4.79 Å². The van der Waals surface area contributed by atoms with Crippen molar-refractivity contribution >= 4 is 49.8 Å². The van der Waals surface area contributed by atoms with Gasteiger partial charge in [-0.3, -0.25) is 4.79 Å². The lowest BCUT2D eigenvalue weighted by atomic mass is 10.1. The van der Waals surface area contributed by atoms with Gasteiger partial charge in [0.25, 0.3) is 0 Å². The van der Waals surface area contributed by atoms with Gasteiger partial charge in [-0.05, 0) is 60.4 Å². The summed E-state index contributed by atoms with van der Waals surface area (Å²) in [6, 6.07) is 15.7. The highest BCUT2D eigenvalue weighted by molar-refractivity contribution is 9.09. The van der Waals surface area contributed by atoms with E-state index < -0.39 is 0 Å². The molecule has 0 saturated heterocycles. The zero-order chi connectivity index (χ0) is 19.8. The fourth-order valence-electron chi connectivity index (χ4n) is 3.01. The second-order valence-corrected chi connectivity index (χ2v) is 7.97. The van der Waals surface area contributed by atoms with Gasteiger partial charge in [0.15, 0.2) is 5.78 Å². The molecule has 3 rings (SSSR count). The number of hydrogen-bond donors (Lipinski definition) is 0. The van der Waals surface area contributed by atoms with Gasteiger partial charge in [0.2, 0.25) is 0 Å². The molecule has 0 amide bonds. The Labute approximate surface area is 182 Å². The molecule has 0 radical (unpaired) electrons. The molecule has 0 bridgehead atoms. The Morgan fingerprint density at radius 2 is 1.11 bits per heavy atom. The number of benzene rings is 2. The first kappa shape index (κ1) is 20.9. The van der Waals surface area contributed by atoms with E-state index in [1.165, 1.54) is 0 Å². The lowest BCUT2D eigenvalue weighted by Gasteiger charge is -2.04. The summed E-state index contributed by atoms with van der Waals surface area (Å²) in [5.41, 5.74) is 3.75. The van der Waals surface area contributed by atoms with Gasteiger partial charge < -0.3 is 9.47 Å². The summed E-state index contributed by atoms with van der Waals surface area (Å²) in [6.07, 6.45) is 5.52. The molecule has 28 heavy (non-hydrogen) atoms. The molecule has 0 spiro atoms. The number of rotatable bonds is 8. The van der Waals surface area contributed by atoms with Crippen molar-refractivity contribution in [1.82, 2.24) is 0 Å². The Morgan fingerprint density at radius 1 is 0.714 bits per heavy atom. The van der Waals surface area contributed by atoms with Crippen LogP contribution in [0.2, 0.25) is 0 Å². The summed E-state index contributed by atoms with van der Waals surface area (Å²) in [7, 11) is 0. The third-order valence-electron chi connectivity index (χ3n) is 4.38. The maximum atomic E-state index is 12.7. The minimum Gasteiger partial charge on any atom is -0.493 e. The molecule has 0 atom stereocenters. The van der Waals surface area contributed by atoms with E-state index in [4.69, 9.17) is 9.47 Å². The minimum absolute atomic E-state index is 0.138. The van der Waals surface area contributed by atoms with Crippen LogP contribution in [0.3, 0.4) is 0 Å². The van der Waals surface area contributed by atoms with E-state index in [0.717, 1.165) is 57.3 Å². The summed E-state index contributed by atoms with van der Waals surface area (Å²) in [6.45, 7) is 1.27. The van der Waals surface area contributed by atoms with Crippen molar-refractivity contribution in [3.05, 3.63) is 70.8 Å². The molecule has 2 aromatic rings. The van der Waals surface area contributed by atoms with Gasteiger partial charge in [0.1, 0.15) is 11.5 Å². The molecule has 5 heteroatoms. The van der Waals surface area contributed by atoms with Crippen LogP contribution in [0.5, 0.6) is 11.5 Å². The molecule has 0 N–H and O–H groups in total. The molecule has 0 aromatic heterocycles. The van der Waals surface area contributed by atoms with Crippen molar-refractivity contribution in [2.45, 2.75) is 12.8 Å². The Balaban J connectivity index is 1.66. The number of hydrogen-bond acceptors (Lipinski definition) is 3. The Bertz CT molecular complexity index is 781. The van der Waals surface area contributed by atoms with Crippen LogP contribution >= 0.6 is 31.9 Å². The third-order valence-corrected chi connectivity index (χ3v) is 5.03. The molecule has 1 aliphatic rings. The molecule has 0 unspecified atom stereocenters. The highest BCUT2D eigenvalue weighted by Gasteiger charge is 2.22. The first-order chi connectivity index (χ1) is 13.7. The zero-order valence-electron chi connectivity index (χ0n) is 15.5. The first-order valence-electron chi connectivity index (χ1n) is 9.23. The highest BCUT2D eigenvalue weighted by atomic mass is 79.9. The van der Waals surface area contributed by atoms with Crippen LogP contribution in [0, 0.1) is 0 Å². The molecule has 1 saturated carbocycles. The highest BCUT2D eigenvalue weighted by Crippen LogP contribution is 2.30. The van der Waals surface area contributed by atoms with E-state index in [1.54, 1.807) is 0 Å². The van der Waals surface area contributed by atoms with Gasteiger partial charge in [0.05, 0.1) is 13.2 Å². The summed E-state index contributed by atoms with van der Waals surface area (Å²) >= 11 is 6.69. The molecule has 3 nitrogen and oxygen atoms in total. The largest absolute Gasteiger partial charge is 0.493 e. The van der Waals surface area contributed by atoms with Gasteiger partial charge in [-0.25, -0.2) is 0 Å². The summed E-state index contributed by atoms with van der Waals surface area (Å²) < 4.78 is 11.1. The molecule has 1 fully saturated rings. The summed E-state index contributed by atoms with van der Waals surface area (Å²) in [5.74, 6) is 1.81. The standard InChI is InChI=1S/C23H22Br2O3/c24-11-13-27-21-7-1-17(2-8-21)15-19-5-6-20(23(19)26)16-18-3-9-22(10-4-18)28-14-12-25/h1-4,7-10,15-16H,5-6,11-14H2/b19-15+,20-16+. The molecular weight excluding hydrogens is 484 g/mol. The lowest BCUT2D eigenvalue weighted by Crippen LogP contribution is -1.98. The topological polar surface area (TPSA) is 35.5 Å². The van der Waals surface area contributed by atoms with E-state index in [2.05, 4.69) is 31.9 Å². The average Bonchev–Trinajstić information content (AvgIpc) is 3.06. The van der Waals surface area contributed by atoms with Crippen molar-refractivity contribution in [2.24, 2.45) is 0 Å². The quantitative estimate of drug-likeness (QED) is 0.323. The van der Waals surface area contributed by atoms with Crippen LogP contribution in [0.25, 0.3) is 12.2 Å². The summed E-state index contributed by atoms with van der Waals surface area (Å²) in [4.78, 5) is 12.7. The van der Waals surface area contributed by atoms with Crippen LogP contribution in [0.1, 0.15) is 24.0 Å². The predicted octanol–water partition coefficient (Wildman–Crippen LogP) is 6.06. The number of halogens is 2. The smallest absolute Gasteiger partial charge is 0.185 e. The molecular formula is C23H22Br2O3. The first-order valence-corrected chi connectivity index (χ1v) is 11.5. The van der Waals surface area contributed by atoms with E-state index >= 15 is 0 Å². The van der Waals surface area contributed by atoms with Gasteiger partial charge >= 0.3 is 0 Å². The number of Topliss-reactive ketones (excluding diaryl/α,β-unsaturated/α-hetero) is 1. The molecule has 0 heterocycles. The molecule has 0 aliphatic heterocycles. The molecule has 1 aliphatic carbocycles. The van der Waals surface area contributed by atoms with E-state index in [1.807, 2.05) is 60.7 Å². The molecule has 2 aromatic carbocycles. The number of carbonyl (C=O) groups is 1. The fourth-order valence-corrected chi connectivity index (χ4v) is 3.34.